The first-order valence-electron chi connectivity index (χ1n) is 5.14. The molecule has 0 saturated heterocycles. The number of tetrazole rings is 1. The van der Waals surface area contributed by atoms with E-state index in [1.165, 1.54) is 18.1 Å². The zero-order chi connectivity index (χ0) is 12.5. The van der Waals surface area contributed by atoms with E-state index in [1.54, 1.807) is 11.7 Å². The van der Waals surface area contributed by atoms with Crippen LogP contribution in [0, 0.1) is 0 Å². The molecular formula is C10H9N7S. The molecule has 0 unspecified atom stereocenters. The van der Waals surface area contributed by atoms with Crippen LogP contribution in [0.5, 0.6) is 0 Å². The maximum atomic E-state index is 5.79. The molecule has 18 heavy (non-hydrogen) atoms. The first-order chi connectivity index (χ1) is 8.74. The van der Waals surface area contributed by atoms with E-state index in [2.05, 4.69) is 25.5 Å². The number of nitrogens with two attached hydrogens (primary N) is 1. The summed E-state index contributed by atoms with van der Waals surface area (Å²) in [6.45, 7) is 0. The maximum Gasteiger partial charge on any atom is 0.215 e. The Morgan fingerprint density at radius 1 is 1.28 bits per heavy atom. The van der Waals surface area contributed by atoms with Crippen molar-refractivity contribution in [3.05, 3.63) is 24.5 Å². The fourth-order valence-electron chi connectivity index (χ4n) is 1.53. The summed E-state index contributed by atoms with van der Waals surface area (Å²) >= 11 is 1.38. The molecule has 7 nitrogen and oxygen atoms in total. The highest BCUT2D eigenvalue weighted by Crippen LogP contribution is 2.29. The van der Waals surface area contributed by atoms with Crippen molar-refractivity contribution in [3.63, 3.8) is 0 Å². The van der Waals surface area contributed by atoms with Crippen molar-refractivity contribution < 1.29 is 0 Å². The maximum absolute atomic E-state index is 5.79. The number of anilines is 1. The molecule has 0 spiro atoms. The molecule has 0 amide bonds. The number of fused-ring (bicyclic) bond motifs is 1. The summed E-state index contributed by atoms with van der Waals surface area (Å²) in [7, 11) is 1.78. The van der Waals surface area contributed by atoms with Gasteiger partial charge in [0, 0.05) is 18.1 Å². The molecule has 3 aromatic rings. The van der Waals surface area contributed by atoms with Crippen molar-refractivity contribution in [3.8, 4) is 0 Å². The molecule has 0 radical (unpaired) electrons. The van der Waals surface area contributed by atoms with Crippen LogP contribution in [0.15, 0.2) is 34.7 Å². The number of aromatic nitrogens is 6. The molecule has 0 aliphatic heterocycles. The number of hydrogen-bond acceptors (Lipinski definition) is 7. The Hall–Kier alpha value is -2.22. The number of nitrogens with zero attached hydrogens (tertiary/aromatic N) is 6. The Kier molecular flexibility index (Phi) is 2.56. The molecule has 2 aromatic heterocycles. The van der Waals surface area contributed by atoms with Crippen molar-refractivity contribution in [1.29, 1.82) is 0 Å². The smallest absolute Gasteiger partial charge is 0.215 e. The highest BCUT2D eigenvalue weighted by molar-refractivity contribution is 7.99. The van der Waals surface area contributed by atoms with Gasteiger partial charge in [-0.25, -0.2) is 14.6 Å². The van der Waals surface area contributed by atoms with Crippen molar-refractivity contribution in [2.24, 2.45) is 7.05 Å². The monoisotopic (exact) mass is 259 g/mol. The Balaban J connectivity index is 2.11. The third-order valence-corrected chi connectivity index (χ3v) is 3.44. The van der Waals surface area contributed by atoms with Gasteiger partial charge in [-0.05, 0) is 40.4 Å². The topological polar surface area (TPSA) is 95.4 Å². The summed E-state index contributed by atoms with van der Waals surface area (Å²) in [5.74, 6) is 0. The molecule has 0 fully saturated rings. The lowest BCUT2D eigenvalue weighted by Crippen LogP contribution is -1.95. The average molecular weight is 259 g/mol. The lowest BCUT2D eigenvalue weighted by atomic mass is 10.2. The van der Waals surface area contributed by atoms with E-state index in [9.17, 15) is 0 Å². The molecule has 90 valence electrons. The Labute approximate surface area is 106 Å². The number of benzene rings is 1. The predicted molar refractivity (Wildman–Crippen MR) is 66.9 cm³/mol. The van der Waals surface area contributed by atoms with Crippen LogP contribution < -0.4 is 5.73 Å². The minimum absolute atomic E-state index is 0.664. The number of rotatable bonds is 2. The van der Waals surface area contributed by atoms with Crippen LogP contribution in [0.25, 0.3) is 10.9 Å². The third kappa shape index (κ3) is 1.86. The van der Waals surface area contributed by atoms with Gasteiger partial charge in [-0.15, -0.1) is 5.10 Å². The van der Waals surface area contributed by atoms with E-state index in [0.717, 1.165) is 15.9 Å². The van der Waals surface area contributed by atoms with Crippen LogP contribution in [0.4, 0.5) is 5.69 Å². The van der Waals surface area contributed by atoms with Crippen molar-refractivity contribution in [1.82, 2.24) is 30.2 Å². The van der Waals surface area contributed by atoms with Gasteiger partial charge in [0.2, 0.25) is 5.16 Å². The van der Waals surface area contributed by atoms with Crippen LogP contribution in [0.1, 0.15) is 0 Å². The van der Waals surface area contributed by atoms with Gasteiger partial charge in [0.25, 0.3) is 0 Å². The summed E-state index contributed by atoms with van der Waals surface area (Å²) in [6, 6.07) is 5.53. The lowest BCUT2D eigenvalue weighted by Gasteiger charge is -2.04. The van der Waals surface area contributed by atoms with Crippen LogP contribution in [-0.2, 0) is 7.05 Å². The molecule has 0 bridgehead atoms. The van der Waals surface area contributed by atoms with Crippen molar-refractivity contribution in [2.75, 3.05) is 5.73 Å². The van der Waals surface area contributed by atoms with Gasteiger partial charge in [-0.1, -0.05) is 0 Å². The summed E-state index contributed by atoms with van der Waals surface area (Å²) in [5, 5.41) is 13.6. The zero-order valence-electron chi connectivity index (χ0n) is 9.48. The molecule has 0 saturated carbocycles. The average Bonchev–Trinajstić information content (AvgIpc) is 2.76. The van der Waals surface area contributed by atoms with Gasteiger partial charge in [0.15, 0.2) is 0 Å². The first-order valence-corrected chi connectivity index (χ1v) is 5.96. The minimum atomic E-state index is 0.664. The van der Waals surface area contributed by atoms with Gasteiger partial charge in [0.05, 0.1) is 5.52 Å². The van der Waals surface area contributed by atoms with E-state index < -0.39 is 0 Å². The van der Waals surface area contributed by atoms with Crippen LogP contribution >= 0.6 is 11.8 Å². The highest BCUT2D eigenvalue weighted by Gasteiger charge is 2.10. The second-order valence-corrected chi connectivity index (χ2v) is 4.60. The summed E-state index contributed by atoms with van der Waals surface area (Å²) in [4.78, 5) is 8.45. The van der Waals surface area contributed by atoms with Gasteiger partial charge >= 0.3 is 0 Å². The van der Waals surface area contributed by atoms with Crippen LogP contribution in [0.2, 0.25) is 0 Å². The SMILES string of the molecule is Cn1nnnc1Sc1ncnc2ccc(N)cc12. The van der Waals surface area contributed by atoms with E-state index >= 15 is 0 Å². The van der Waals surface area contributed by atoms with Gasteiger partial charge in [-0.3, -0.25) is 0 Å². The number of hydrogen-bond donors (Lipinski definition) is 1. The number of aryl methyl sites for hydroxylation is 1. The highest BCUT2D eigenvalue weighted by atomic mass is 32.2. The molecule has 0 aliphatic carbocycles. The fraction of sp³-hybridized carbons (Fsp3) is 0.100. The molecule has 0 atom stereocenters. The first kappa shape index (κ1) is 10.9. The van der Waals surface area contributed by atoms with Crippen LogP contribution in [0.3, 0.4) is 0 Å². The van der Waals surface area contributed by atoms with Gasteiger partial charge in [-0.2, -0.15) is 0 Å². The van der Waals surface area contributed by atoms with E-state index in [0.29, 0.717) is 10.8 Å². The van der Waals surface area contributed by atoms with Gasteiger partial charge < -0.3 is 5.73 Å². The van der Waals surface area contributed by atoms with Crippen molar-refractivity contribution >= 4 is 28.4 Å². The Morgan fingerprint density at radius 3 is 2.94 bits per heavy atom. The molecular weight excluding hydrogens is 250 g/mol. The predicted octanol–water partition coefficient (Wildman–Crippen LogP) is 0.887. The number of nitrogen functional groups attached to an aromatic ring is 1. The van der Waals surface area contributed by atoms with E-state index in [1.807, 2.05) is 18.2 Å². The molecule has 2 heterocycles. The quantitative estimate of drug-likeness (QED) is 0.539. The molecule has 8 heteroatoms. The molecule has 3 rings (SSSR count). The molecule has 1 aromatic carbocycles. The third-order valence-electron chi connectivity index (χ3n) is 2.39. The Bertz CT molecular complexity index is 708. The lowest BCUT2D eigenvalue weighted by molar-refractivity contribution is 0.664. The largest absolute Gasteiger partial charge is 0.399 e. The summed E-state index contributed by atoms with van der Waals surface area (Å²) in [6.07, 6.45) is 1.52. The molecule has 2 N–H and O–H groups in total. The standard InChI is InChI=1S/C10H9N7S/c1-17-10(14-15-16-17)18-9-7-4-6(11)2-3-8(7)12-5-13-9/h2-5H,11H2,1H3. The normalized spacial score (nSPS) is 10.9. The van der Waals surface area contributed by atoms with Gasteiger partial charge in [0.1, 0.15) is 11.4 Å². The summed E-state index contributed by atoms with van der Waals surface area (Å²) in [5.41, 5.74) is 7.31. The zero-order valence-corrected chi connectivity index (χ0v) is 10.3. The fourth-order valence-corrected chi connectivity index (χ4v) is 2.32. The van der Waals surface area contributed by atoms with E-state index in [-0.39, 0.29) is 0 Å². The van der Waals surface area contributed by atoms with Crippen LogP contribution in [-0.4, -0.2) is 30.2 Å². The van der Waals surface area contributed by atoms with Crippen molar-refractivity contribution in [2.45, 2.75) is 10.2 Å². The molecule has 0 aliphatic rings. The minimum Gasteiger partial charge on any atom is -0.399 e. The summed E-state index contributed by atoms with van der Waals surface area (Å²) < 4.78 is 1.59. The van der Waals surface area contributed by atoms with E-state index in [4.69, 9.17) is 5.73 Å². The second kappa shape index (κ2) is 4.22. The second-order valence-electron chi connectivity index (χ2n) is 3.64. The Morgan fingerprint density at radius 2 is 2.17 bits per heavy atom.